The van der Waals surface area contributed by atoms with Crippen LogP contribution in [0.4, 0.5) is 4.79 Å². The Bertz CT molecular complexity index is 716. The lowest BCUT2D eigenvalue weighted by Gasteiger charge is -2.11. The maximum absolute atomic E-state index is 12.0. The number of phenolic OH excluding ortho intramolecular Hbond substituents is 1. The Kier molecular flexibility index (Phi) is 3.70. The van der Waals surface area contributed by atoms with E-state index < -0.39 is 6.09 Å². The van der Waals surface area contributed by atoms with E-state index in [0.29, 0.717) is 6.54 Å². The molecule has 108 valence electrons. The van der Waals surface area contributed by atoms with Gasteiger partial charge >= 0.3 is 6.09 Å². The molecule has 0 aromatic heterocycles. The summed E-state index contributed by atoms with van der Waals surface area (Å²) in [6.45, 7) is 0.575. The zero-order valence-corrected chi connectivity index (χ0v) is 11.9. The highest BCUT2D eigenvalue weighted by atomic mass is 32.2. The third-order valence-electron chi connectivity index (χ3n) is 3.27. The van der Waals surface area contributed by atoms with Crippen LogP contribution in [0.5, 0.6) is 5.75 Å². The van der Waals surface area contributed by atoms with Crippen LogP contribution in [-0.4, -0.2) is 40.9 Å². The minimum atomic E-state index is -0.573. The maximum Gasteiger partial charge on any atom is 0.416 e. The number of imide groups is 1. The number of phenols is 1. The van der Waals surface area contributed by atoms with E-state index in [2.05, 4.69) is 0 Å². The summed E-state index contributed by atoms with van der Waals surface area (Å²) in [5.41, 5.74) is 0. The number of ether oxygens (including phenoxy) is 1. The molecule has 1 aliphatic rings. The van der Waals surface area contributed by atoms with E-state index in [0.717, 1.165) is 20.6 Å². The smallest absolute Gasteiger partial charge is 0.416 e. The van der Waals surface area contributed by atoms with Crippen molar-refractivity contribution in [2.75, 3.05) is 18.9 Å². The molecule has 3 rings (SSSR count). The molecule has 2 amide bonds. The standard InChI is InChI=1S/C15H13NO4S/c17-12-5-6-13(11-4-2-1-3-10(11)12)21-9-14(18)16-7-8-20-15(16)19/h1-6,17H,7-9H2. The van der Waals surface area contributed by atoms with Gasteiger partial charge in [-0.2, -0.15) is 0 Å². The zero-order valence-electron chi connectivity index (χ0n) is 11.1. The van der Waals surface area contributed by atoms with Crippen LogP contribution in [0.15, 0.2) is 41.3 Å². The van der Waals surface area contributed by atoms with E-state index >= 15 is 0 Å². The van der Waals surface area contributed by atoms with Crippen LogP contribution < -0.4 is 0 Å². The first-order valence-electron chi connectivity index (χ1n) is 6.47. The molecule has 2 aromatic carbocycles. The van der Waals surface area contributed by atoms with Gasteiger partial charge in [0.1, 0.15) is 12.4 Å². The molecule has 1 aliphatic heterocycles. The van der Waals surface area contributed by atoms with Crippen molar-refractivity contribution in [3.05, 3.63) is 36.4 Å². The predicted molar refractivity (Wildman–Crippen MR) is 79.4 cm³/mol. The molecule has 1 heterocycles. The van der Waals surface area contributed by atoms with Crippen molar-refractivity contribution in [3.63, 3.8) is 0 Å². The molecule has 0 atom stereocenters. The Labute approximate surface area is 125 Å². The van der Waals surface area contributed by atoms with Gasteiger partial charge < -0.3 is 9.84 Å². The second kappa shape index (κ2) is 5.65. The molecular formula is C15H13NO4S. The van der Waals surface area contributed by atoms with Crippen molar-refractivity contribution in [1.29, 1.82) is 0 Å². The molecule has 2 aromatic rings. The summed E-state index contributed by atoms with van der Waals surface area (Å²) in [6.07, 6.45) is -0.573. The number of thioether (sulfide) groups is 1. The van der Waals surface area contributed by atoms with Crippen molar-refractivity contribution in [3.8, 4) is 5.75 Å². The second-order valence-electron chi connectivity index (χ2n) is 4.58. The molecule has 1 saturated heterocycles. The lowest BCUT2D eigenvalue weighted by Crippen LogP contribution is -2.32. The summed E-state index contributed by atoms with van der Waals surface area (Å²) in [5.74, 6) is 0.105. The fraction of sp³-hybridized carbons (Fsp3) is 0.200. The quantitative estimate of drug-likeness (QED) is 0.883. The Hall–Kier alpha value is -2.21. The summed E-state index contributed by atoms with van der Waals surface area (Å²) in [4.78, 5) is 25.3. The van der Waals surface area contributed by atoms with E-state index in [1.165, 1.54) is 11.8 Å². The summed E-state index contributed by atoms with van der Waals surface area (Å²) in [7, 11) is 0. The van der Waals surface area contributed by atoms with E-state index in [-0.39, 0.29) is 24.0 Å². The molecule has 0 aliphatic carbocycles. The van der Waals surface area contributed by atoms with Gasteiger partial charge in [0.05, 0.1) is 12.3 Å². The number of rotatable bonds is 3. The van der Waals surface area contributed by atoms with Gasteiger partial charge in [0.25, 0.3) is 0 Å². The van der Waals surface area contributed by atoms with Crippen molar-refractivity contribution >= 4 is 34.5 Å². The Balaban J connectivity index is 1.78. The molecular weight excluding hydrogens is 290 g/mol. The summed E-state index contributed by atoms with van der Waals surface area (Å²) < 4.78 is 4.75. The van der Waals surface area contributed by atoms with Gasteiger partial charge in [-0.15, -0.1) is 11.8 Å². The topological polar surface area (TPSA) is 66.8 Å². The van der Waals surface area contributed by atoms with Crippen LogP contribution in [-0.2, 0) is 9.53 Å². The fourth-order valence-electron chi connectivity index (χ4n) is 2.22. The van der Waals surface area contributed by atoms with Crippen molar-refractivity contribution in [2.45, 2.75) is 4.90 Å². The molecule has 0 bridgehead atoms. The molecule has 0 unspecified atom stereocenters. The lowest BCUT2D eigenvalue weighted by atomic mass is 10.1. The monoisotopic (exact) mass is 303 g/mol. The van der Waals surface area contributed by atoms with E-state index in [1.54, 1.807) is 12.1 Å². The van der Waals surface area contributed by atoms with E-state index in [1.807, 2.05) is 24.3 Å². The molecule has 1 fully saturated rings. The number of amides is 2. The number of benzene rings is 2. The largest absolute Gasteiger partial charge is 0.507 e. The highest BCUT2D eigenvalue weighted by molar-refractivity contribution is 8.00. The Morgan fingerprint density at radius 1 is 1.24 bits per heavy atom. The van der Waals surface area contributed by atoms with E-state index in [4.69, 9.17) is 4.74 Å². The first-order chi connectivity index (χ1) is 10.2. The average molecular weight is 303 g/mol. The molecule has 0 spiro atoms. The van der Waals surface area contributed by atoms with Gasteiger partial charge in [-0.25, -0.2) is 9.69 Å². The maximum atomic E-state index is 12.0. The number of aromatic hydroxyl groups is 1. The third-order valence-corrected chi connectivity index (χ3v) is 4.33. The van der Waals surface area contributed by atoms with Gasteiger partial charge in [0.2, 0.25) is 5.91 Å². The molecule has 1 N–H and O–H groups in total. The highest BCUT2D eigenvalue weighted by Crippen LogP contribution is 2.33. The number of hydrogen-bond donors (Lipinski definition) is 1. The molecule has 21 heavy (non-hydrogen) atoms. The fourth-order valence-corrected chi connectivity index (χ4v) is 3.15. The Morgan fingerprint density at radius 2 is 2.00 bits per heavy atom. The van der Waals surface area contributed by atoms with E-state index in [9.17, 15) is 14.7 Å². The number of hydrogen-bond acceptors (Lipinski definition) is 5. The van der Waals surface area contributed by atoms with Gasteiger partial charge in [-0.1, -0.05) is 24.3 Å². The minimum Gasteiger partial charge on any atom is -0.507 e. The second-order valence-corrected chi connectivity index (χ2v) is 5.59. The summed E-state index contributed by atoms with van der Waals surface area (Å²) in [6, 6.07) is 10.8. The number of fused-ring (bicyclic) bond motifs is 1. The highest BCUT2D eigenvalue weighted by Gasteiger charge is 2.28. The number of carbonyl (C=O) groups is 2. The molecule has 0 saturated carbocycles. The van der Waals surface area contributed by atoms with Crippen molar-refractivity contribution in [1.82, 2.24) is 4.90 Å². The van der Waals surface area contributed by atoms with Gasteiger partial charge in [0, 0.05) is 10.3 Å². The number of nitrogens with zero attached hydrogens (tertiary/aromatic N) is 1. The predicted octanol–water partition coefficient (Wildman–Crippen LogP) is 2.62. The van der Waals surface area contributed by atoms with Gasteiger partial charge in [-0.3, -0.25) is 4.79 Å². The normalized spacial score (nSPS) is 14.5. The number of cyclic esters (lactones) is 1. The van der Waals surface area contributed by atoms with Crippen LogP contribution in [0.2, 0.25) is 0 Å². The van der Waals surface area contributed by atoms with Gasteiger partial charge in [0.15, 0.2) is 0 Å². The SMILES string of the molecule is O=C(CSc1ccc(O)c2ccccc12)N1CCOC1=O. The molecule has 0 radical (unpaired) electrons. The van der Waals surface area contributed by atoms with Crippen LogP contribution in [0, 0.1) is 0 Å². The lowest BCUT2D eigenvalue weighted by molar-refractivity contribution is -0.124. The van der Waals surface area contributed by atoms with Crippen molar-refractivity contribution < 1.29 is 19.4 Å². The van der Waals surface area contributed by atoms with Crippen LogP contribution >= 0.6 is 11.8 Å². The number of carbonyl (C=O) groups excluding carboxylic acids is 2. The third kappa shape index (κ3) is 2.67. The van der Waals surface area contributed by atoms with Crippen molar-refractivity contribution in [2.24, 2.45) is 0 Å². The summed E-state index contributed by atoms with van der Waals surface area (Å²) in [5, 5.41) is 11.5. The first kappa shape index (κ1) is 13.8. The molecule has 6 heteroatoms. The molecule has 5 nitrogen and oxygen atoms in total. The van der Waals surface area contributed by atoms with Crippen LogP contribution in [0.25, 0.3) is 10.8 Å². The Morgan fingerprint density at radius 3 is 2.71 bits per heavy atom. The average Bonchev–Trinajstić information content (AvgIpc) is 2.93. The van der Waals surface area contributed by atoms with Crippen LogP contribution in [0.3, 0.4) is 0 Å². The zero-order chi connectivity index (χ0) is 14.8. The first-order valence-corrected chi connectivity index (χ1v) is 7.46. The van der Waals surface area contributed by atoms with Gasteiger partial charge in [-0.05, 0) is 17.5 Å². The summed E-state index contributed by atoms with van der Waals surface area (Å²) >= 11 is 1.35. The van der Waals surface area contributed by atoms with Crippen LogP contribution in [0.1, 0.15) is 0 Å². The minimum absolute atomic E-state index is 0.157.